The summed E-state index contributed by atoms with van der Waals surface area (Å²) in [7, 11) is 0. The molecule has 0 unspecified atom stereocenters. The molecule has 3 aromatic rings. The van der Waals surface area contributed by atoms with Crippen molar-refractivity contribution in [3.63, 3.8) is 0 Å². The first-order valence-corrected chi connectivity index (χ1v) is 13.1. The zero-order valence-electron chi connectivity index (χ0n) is 21.2. The molecule has 37 heavy (non-hydrogen) atoms. The van der Waals surface area contributed by atoms with Gasteiger partial charge in [-0.15, -0.1) is 0 Å². The molecule has 1 heterocycles. The summed E-state index contributed by atoms with van der Waals surface area (Å²) < 4.78 is 12.0. The second-order valence-electron chi connectivity index (χ2n) is 8.63. The first kappa shape index (κ1) is 26.4. The van der Waals surface area contributed by atoms with Crippen LogP contribution in [0.15, 0.2) is 65.6 Å². The Kier molecular flexibility index (Phi) is 8.31. The second-order valence-corrected chi connectivity index (χ2v) is 10.3. The second kappa shape index (κ2) is 11.6. The molecular weight excluding hydrogens is 504 g/mol. The van der Waals surface area contributed by atoms with E-state index in [-0.39, 0.29) is 18.4 Å². The van der Waals surface area contributed by atoms with E-state index < -0.39 is 0 Å². The highest BCUT2D eigenvalue weighted by atomic mass is 32.2. The summed E-state index contributed by atoms with van der Waals surface area (Å²) in [5.74, 6) is 0.500. The lowest BCUT2D eigenvalue weighted by atomic mass is 10.1. The Morgan fingerprint density at radius 1 is 0.973 bits per heavy atom. The van der Waals surface area contributed by atoms with E-state index in [1.54, 1.807) is 23.1 Å². The Labute approximate surface area is 226 Å². The zero-order chi connectivity index (χ0) is 26.5. The molecule has 1 N–H and O–H groups in total. The van der Waals surface area contributed by atoms with Crippen LogP contribution in [0.25, 0.3) is 6.08 Å². The van der Waals surface area contributed by atoms with Crippen molar-refractivity contribution >= 4 is 57.6 Å². The van der Waals surface area contributed by atoms with Crippen LogP contribution in [0.3, 0.4) is 0 Å². The number of nitrogens with zero attached hydrogens (tertiary/aromatic N) is 1. The minimum atomic E-state index is -0.273. The van der Waals surface area contributed by atoms with Crippen LogP contribution >= 0.6 is 24.0 Å². The van der Waals surface area contributed by atoms with Gasteiger partial charge in [0.2, 0.25) is 0 Å². The van der Waals surface area contributed by atoms with Crippen LogP contribution in [-0.4, -0.2) is 29.3 Å². The van der Waals surface area contributed by atoms with E-state index in [9.17, 15) is 9.59 Å². The van der Waals surface area contributed by atoms with Crippen LogP contribution < -0.4 is 19.7 Å². The standard InChI is InChI=1S/C29H28N2O4S2/c1-5-34-25-15-21(9-13-24(25)35-17-27(32)30-22-10-6-18(2)7-11-22)16-26-28(33)31(29(36)37-26)23-12-8-19(3)20(4)14-23/h6-16H,5,17H2,1-4H3,(H,30,32)/b26-16-. The van der Waals surface area contributed by atoms with Crippen molar-refractivity contribution in [3.8, 4) is 11.5 Å². The number of benzene rings is 3. The highest BCUT2D eigenvalue weighted by Gasteiger charge is 2.33. The number of rotatable bonds is 8. The van der Waals surface area contributed by atoms with Crippen molar-refractivity contribution in [2.75, 3.05) is 23.4 Å². The van der Waals surface area contributed by atoms with Crippen molar-refractivity contribution in [2.24, 2.45) is 0 Å². The van der Waals surface area contributed by atoms with Gasteiger partial charge in [0.15, 0.2) is 22.4 Å². The number of carbonyl (C=O) groups excluding carboxylic acids is 2. The van der Waals surface area contributed by atoms with Crippen molar-refractivity contribution in [2.45, 2.75) is 27.7 Å². The van der Waals surface area contributed by atoms with Gasteiger partial charge in [0.1, 0.15) is 0 Å². The van der Waals surface area contributed by atoms with Crippen LogP contribution in [-0.2, 0) is 9.59 Å². The van der Waals surface area contributed by atoms with Crippen molar-refractivity contribution in [3.05, 3.63) is 87.8 Å². The van der Waals surface area contributed by atoms with Gasteiger partial charge in [0.25, 0.3) is 11.8 Å². The molecule has 0 spiro atoms. The molecule has 3 aromatic carbocycles. The smallest absolute Gasteiger partial charge is 0.270 e. The van der Waals surface area contributed by atoms with Crippen LogP contribution in [0.5, 0.6) is 11.5 Å². The quantitative estimate of drug-likeness (QED) is 0.266. The summed E-state index contributed by atoms with van der Waals surface area (Å²) in [5.41, 5.74) is 5.60. The SMILES string of the molecule is CCOc1cc(/C=C2\SC(=S)N(c3ccc(C)c(C)c3)C2=O)ccc1OCC(=O)Nc1ccc(C)cc1. The highest BCUT2D eigenvalue weighted by Crippen LogP contribution is 2.37. The van der Waals surface area contributed by atoms with Gasteiger partial charge >= 0.3 is 0 Å². The molecule has 1 saturated heterocycles. The number of thioether (sulfide) groups is 1. The molecule has 8 heteroatoms. The molecule has 0 radical (unpaired) electrons. The summed E-state index contributed by atoms with van der Waals surface area (Å²) in [5, 5.41) is 2.81. The average molecular weight is 533 g/mol. The molecule has 6 nitrogen and oxygen atoms in total. The molecule has 0 bridgehead atoms. The van der Waals surface area contributed by atoms with Crippen LogP contribution in [0, 0.1) is 20.8 Å². The lowest BCUT2D eigenvalue weighted by molar-refractivity contribution is -0.118. The molecule has 190 valence electrons. The fourth-order valence-electron chi connectivity index (χ4n) is 3.69. The topological polar surface area (TPSA) is 67.9 Å². The Hall–Kier alpha value is -3.62. The minimum Gasteiger partial charge on any atom is -0.490 e. The Morgan fingerprint density at radius 2 is 1.73 bits per heavy atom. The maximum atomic E-state index is 13.2. The number of aryl methyl sites for hydroxylation is 3. The molecule has 0 aromatic heterocycles. The number of nitrogens with one attached hydrogen (secondary N) is 1. The van der Waals surface area contributed by atoms with Crippen molar-refractivity contribution < 1.29 is 19.1 Å². The normalized spacial score (nSPS) is 14.3. The van der Waals surface area contributed by atoms with E-state index in [1.165, 1.54) is 11.8 Å². The molecule has 0 saturated carbocycles. The third-order valence-corrected chi connectivity index (χ3v) is 7.10. The zero-order valence-corrected chi connectivity index (χ0v) is 22.8. The third-order valence-electron chi connectivity index (χ3n) is 5.80. The van der Waals surface area contributed by atoms with Gasteiger partial charge in [-0.3, -0.25) is 14.5 Å². The third kappa shape index (κ3) is 6.39. The Morgan fingerprint density at radius 3 is 2.43 bits per heavy atom. The average Bonchev–Trinajstić information content (AvgIpc) is 3.14. The van der Waals surface area contributed by atoms with Crippen molar-refractivity contribution in [1.82, 2.24) is 0 Å². The number of ether oxygens (including phenoxy) is 2. The predicted octanol–water partition coefficient (Wildman–Crippen LogP) is 6.43. The van der Waals surface area contributed by atoms with E-state index in [1.807, 2.05) is 76.2 Å². The number of hydrogen-bond acceptors (Lipinski definition) is 6. The van der Waals surface area contributed by atoms with Crippen molar-refractivity contribution in [1.29, 1.82) is 0 Å². The summed E-state index contributed by atoms with van der Waals surface area (Å²) in [4.78, 5) is 27.6. The maximum absolute atomic E-state index is 13.2. The van der Waals surface area contributed by atoms with E-state index >= 15 is 0 Å². The number of anilines is 2. The van der Waals surface area contributed by atoms with Gasteiger partial charge < -0.3 is 14.8 Å². The summed E-state index contributed by atoms with van der Waals surface area (Å²) in [6.07, 6.45) is 1.79. The molecule has 1 aliphatic heterocycles. The van der Waals surface area contributed by atoms with E-state index in [4.69, 9.17) is 21.7 Å². The fourth-order valence-corrected chi connectivity index (χ4v) is 4.98. The van der Waals surface area contributed by atoms with E-state index in [0.717, 1.165) is 27.9 Å². The van der Waals surface area contributed by atoms with Gasteiger partial charge in [-0.05, 0) is 86.9 Å². The van der Waals surface area contributed by atoms with Crippen LogP contribution in [0.4, 0.5) is 11.4 Å². The van der Waals surface area contributed by atoms with Gasteiger partial charge in [0.05, 0.1) is 17.2 Å². The number of amides is 2. The number of carbonyl (C=O) groups is 2. The van der Waals surface area contributed by atoms with Crippen LogP contribution in [0.1, 0.15) is 29.2 Å². The lowest BCUT2D eigenvalue weighted by Gasteiger charge is -2.16. The first-order chi connectivity index (χ1) is 17.7. The van der Waals surface area contributed by atoms with Gasteiger partial charge in [-0.1, -0.05) is 53.8 Å². The first-order valence-electron chi connectivity index (χ1n) is 11.9. The largest absolute Gasteiger partial charge is 0.490 e. The van der Waals surface area contributed by atoms with Gasteiger partial charge in [0, 0.05) is 5.69 Å². The van der Waals surface area contributed by atoms with E-state index in [2.05, 4.69) is 5.32 Å². The summed E-state index contributed by atoms with van der Waals surface area (Å²) in [6.45, 7) is 8.15. The number of thiocarbonyl (C=S) groups is 1. The minimum absolute atomic E-state index is 0.163. The molecule has 1 aliphatic rings. The maximum Gasteiger partial charge on any atom is 0.270 e. The van der Waals surface area contributed by atoms with Gasteiger partial charge in [-0.25, -0.2) is 0 Å². The van der Waals surface area contributed by atoms with Crippen LogP contribution in [0.2, 0.25) is 0 Å². The molecule has 1 fully saturated rings. The monoisotopic (exact) mass is 532 g/mol. The molecule has 0 atom stereocenters. The van der Waals surface area contributed by atoms with Gasteiger partial charge in [-0.2, -0.15) is 0 Å². The molecule has 4 rings (SSSR count). The Balaban J connectivity index is 1.48. The molecule has 0 aliphatic carbocycles. The predicted molar refractivity (Wildman–Crippen MR) is 154 cm³/mol. The summed E-state index contributed by atoms with van der Waals surface area (Å²) >= 11 is 6.78. The Bertz CT molecular complexity index is 1380. The number of hydrogen-bond donors (Lipinski definition) is 1. The summed E-state index contributed by atoms with van der Waals surface area (Å²) in [6, 6.07) is 18.8. The highest BCUT2D eigenvalue weighted by molar-refractivity contribution is 8.27. The lowest BCUT2D eigenvalue weighted by Crippen LogP contribution is -2.27. The molecule has 2 amide bonds. The molecular formula is C29H28N2O4S2. The fraction of sp³-hybridized carbons (Fsp3) is 0.207. The van der Waals surface area contributed by atoms with E-state index in [0.29, 0.717) is 33.0 Å².